The molecule has 0 amide bonds. The van der Waals surface area contributed by atoms with Crippen molar-refractivity contribution in [1.29, 1.82) is 0 Å². The molecule has 1 N–H and O–H groups in total. The summed E-state index contributed by atoms with van der Waals surface area (Å²) in [5.41, 5.74) is 4.63. The highest BCUT2D eigenvalue weighted by atomic mass is 16.3. The van der Waals surface area contributed by atoms with Gasteiger partial charge in [-0.1, -0.05) is 73.8 Å². The molecule has 0 aliphatic rings. The van der Waals surface area contributed by atoms with Gasteiger partial charge < -0.3 is 5.11 Å². The molecule has 0 heterocycles. The molecule has 118 valence electrons. The second kappa shape index (κ2) is 8.25. The summed E-state index contributed by atoms with van der Waals surface area (Å²) >= 11 is 0. The number of aliphatic hydroxyl groups excluding tert-OH is 1. The van der Waals surface area contributed by atoms with Gasteiger partial charge in [0.15, 0.2) is 19.3 Å². The molecule has 0 bridgehead atoms. The zero-order valence-electron chi connectivity index (χ0n) is 13.7. The van der Waals surface area contributed by atoms with Gasteiger partial charge in [0.25, 0.3) is 0 Å². The number of benzene rings is 2. The fourth-order valence-electron chi connectivity index (χ4n) is 2.45. The molecule has 0 aliphatic heterocycles. The Morgan fingerprint density at radius 3 is 1.57 bits per heavy atom. The molecule has 0 spiro atoms. The Bertz CT molecular complexity index is 623. The number of rotatable bonds is 7. The van der Waals surface area contributed by atoms with Gasteiger partial charge in [0.2, 0.25) is 0 Å². The van der Waals surface area contributed by atoms with E-state index in [1.807, 2.05) is 18.4 Å². The minimum Gasteiger partial charge on any atom is -0.383 e. The smallest absolute Gasteiger partial charge is 0.168 e. The highest BCUT2D eigenvalue weighted by molar-refractivity contribution is 5.56. The predicted molar refractivity (Wildman–Crippen MR) is 98.5 cm³/mol. The maximum Gasteiger partial charge on any atom is 0.168 e. The number of nitrogens with zero attached hydrogens (tertiary/aromatic N) is 1. The zero-order valence-corrected chi connectivity index (χ0v) is 13.7. The Balaban J connectivity index is 2.15. The molecule has 0 fully saturated rings. The topological polar surface area (TPSA) is 23.2 Å². The second-order valence-electron chi connectivity index (χ2n) is 5.69. The van der Waals surface area contributed by atoms with Crippen molar-refractivity contribution < 1.29 is 9.68 Å². The van der Waals surface area contributed by atoms with Crippen LogP contribution in [0.25, 0.3) is 12.2 Å². The van der Waals surface area contributed by atoms with E-state index >= 15 is 0 Å². The lowest BCUT2D eigenvalue weighted by molar-refractivity contribution is -0.557. The third-order valence-corrected chi connectivity index (χ3v) is 3.63. The van der Waals surface area contributed by atoms with Crippen LogP contribution in [0.5, 0.6) is 0 Å². The highest BCUT2D eigenvalue weighted by Gasteiger charge is 2.09. The van der Waals surface area contributed by atoms with Crippen LogP contribution in [0.1, 0.15) is 29.2 Å². The number of hydrogen-bond acceptors (Lipinski definition) is 1. The first-order chi connectivity index (χ1) is 11.1. The van der Waals surface area contributed by atoms with Crippen LogP contribution in [0.4, 0.5) is 0 Å². The summed E-state index contributed by atoms with van der Waals surface area (Å²) in [6.07, 6.45) is 5.06. The van der Waals surface area contributed by atoms with Crippen molar-refractivity contribution in [1.82, 2.24) is 0 Å². The fourth-order valence-corrected chi connectivity index (χ4v) is 2.45. The lowest BCUT2D eigenvalue weighted by Gasteiger charge is -2.07. The number of hydrogen-bond donors (Lipinski definition) is 1. The third kappa shape index (κ3) is 5.35. The van der Waals surface area contributed by atoms with Crippen molar-refractivity contribution in [3.8, 4) is 0 Å². The Kier molecular flexibility index (Phi) is 6.07. The van der Waals surface area contributed by atoms with E-state index < -0.39 is 6.10 Å². The van der Waals surface area contributed by atoms with Gasteiger partial charge in [0.05, 0.1) is 0 Å². The molecule has 1 unspecified atom stereocenters. The first-order valence-electron chi connectivity index (χ1n) is 7.80. The van der Waals surface area contributed by atoms with Gasteiger partial charge in [0.1, 0.15) is 6.10 Å². The molecule has 23 heavy (non-hydrogen) atoms. The molecule has 2 nitrogen and oxygen atoms in total. The lowest BCUT2D eigenvalue weighted by atomic mass is 10.1. The molecule has 1 atom stereocenters. The maximum absolute atomic E-state index is 9.72. The molecule has 2 aromatic rings. The van der Waals surface area contributed by atoms with Crippen molar-refractivity contribution >= 4 is 18.4 Å². The molecular weight excluding hydrogens is 282 g/mol. The molecule has 2 heteroatoms. The molecule has 2 aromatic carbocycles. The van der Waals surface area contributed by atoms with Crippen molar-refractivity contribution in [3.63, 3.8) is 0 Å². The molecule has 0 aromatic heterocycles. The van der Waals surface area contributed by atoms with Crippen LogP contribution in [-0.4, -0.2) is 22.0 Å². The Hall–Kier alpha value is -2.45. The van der Waals surface area contributed by atoms with Gasteiger partial charge in [-0.15, -0.1) is 0 Å². The molecule has 2 rings (SSSR count). The third-order valence-electron chi connectivity index (χ3n) is 3.63. The summed E-state index contributed by atoms with van der Waals surface area (Å²) in [6, 6.07) is 16.6. The molecular formula is C21H24NO+. The van der Waals surface area contributed by atoms with Crippen molar-refractivity contribution in [3.05, 3.63) is 83.9 Å². The summed E-state index contributed by atoms with van der Waals surface area (Å²) < 4.78 is 2.14. The van der Waals surface area contributed by atoms with E-state index in [4.69, 9.17) is 0 Å². The number of aliphatic hydroxyl groups is 1. The molecule has 0 saturated carbocycles. The average Bonchev–Trinajstić information content (AvgIpc) is 2.55. The van der Waals surface area contributed by atoms with Crippen LogP contribution in [0.2, 0.25) is 0 Å². The predicted octanol–water partition coefficient (Wildman–Crippen LogP) is 4.14. The van der Waals surface area contributed by atoms with Crippen molar-refractivity contribution in [2.24, 2.45) is 0 Å². The molecule has 0 radical (unpaired) electrons. The standard InChI is InChI=1S/C21H24NO/c1-4-18-6-10-20(11-7-18)15-22(14-17(3)23)16-21-12-8-19(5-2)9-13-21/h4-14,17,23H,1-2,15-16H2,3H3/q+1. The van der Waals surface area contributed by atoms with E-state index in [9.17, 15) is 5.11 Å². The normalized spacial score (nSPS) is 11.6. The van der Waals surface area contributed by atoms with Crippen LogP contribution < -0.4 is 0 Å². The van der Waals surface area contributed by atoms with E-state index in [2.05, 4.69) is 66.3 Å². The summed E-state index contributed by atoms with van der Waals surface area (Å²) in [6.45, 7) is 10.8. The van der Waals surface area contributed by atoms with Gasteiger partial charge in [0, 0.05) is 11.1 Å². The van der Waals surface area contributed by atoms with Crippen LogP contribution in [0.3, 0.4) is 0 Å². The van der Waals surface area contributed by atoms with E-state index in [0.29, 0.717) is 0 Å². The van der Waals surface area contributed by atoms with E-state index in [1.54, 1.807) is 6.92 Å². The minimum absolute atomic E-state index is 0.477. The minimum atomic E-state index is -0.477. The first kappa shape index (κ1) is 16.9. The molecule has 0 saturated heterocycles. The Morgan fingerprint density at radius 2 is 1.26 bits per heavy atom. The largest absolute Gasteiger partial charge is 0.383 e. The van der Waals surface area contributed by atoms with Crippen LogP contribution in [0, 0.1) is 0 Å². The summed E-state index contributed by atoms with van der Waals surface area (Å²) in [4.78, 5) is 0. The van der Waals surface area contributed by atoms with Gasteiger partial charge in [-0.2, -0.15) is 0 Å². The SMILES string of the molecule is C=Cc1ccc(C[N+](=CC(C)O)Cc2ccc(C=C)cc2)cc1. The highest BCUT2D eigenvalue weighted by Crippen LogP contribution is 2.10. The summed E-state index contributed by atoms with van der Waals surface area (Å²) in [5, 5.41) is 9.72. The van der Waals surface area contributed by atoms with E-state index in [-0.39, 0.29) is 0 Å². The van der Waals surface area contributed by atoms with Gasteiger partial charge in [-0.05, 0) is 18.1 Å². The maximum atomic E-state index is 9.72. The Morgan fingerprint density at radius 1 is 0.870 bits per heavy atom. The molecule has 0 aliphatic carbocycles. The van der Waals surface area contributed by atoms with Crippen LogP contribution in [-0.2, 0) is 13.1 Å². The zero-order chi connectivity index (χ0) is 16.7. The quantitative estimate of drug-likeness (QED) is 0.603. The lowest BCUT2D eigenvalue weighted by Crippen LogP contribution is -2.19. The van der Waals surface area contributed by atoms with Crippen LogP contribution in [0.15, 0.2) is 61.7 Å². The second-order valence-corrected chi connectivity index (χ2v) is 5.69. The average molecular weight is 306 g/mol. The summed E-state index contributed by atoms with van der Waals surface area (Å²) in [5.74, 6) is 0. The van der Waals surface area contributed by atoms with E-state index in [0.717, 1.165) is 24.2 Å². The first-order valence-corrected chi connectivity index (χ1v) is 7.80. The van der Waals surface area contributed by atoms with Gasteiger partial charge >= 0.3 is 0 Å². The van der Waals surface area contributed by atoms with Gasteiger partial charge in [-0.25, -0.2) is 4.58 Å². The summed E-state index contributed by atoms with van der Waals surface area (Å²) in [7, 11) is 0. The van der Waals surface area contributed by atoms with Crippen LogP contribution >= 0.6 is 0 Å². The Labute approximate surface area is 138 Å². The van der Waals surface area contributed by atoms with Gasteiger partial charge in [-0.3, -0.25) is 0 Å². The van der Waals surface area contributed by atoms with E-state index in [1.165, 1.54) is 11.1 Å². The van der Waals surface area contributed by atoms with Crippen molar-refractivity contribution in [2.75, 3.05) is 0 Å². The monoisotopic (exact) mass is 306 g/mol. The van der Waals surface area contributed by atoms with Crippen molar-refractivity contribution in [2.45, 2.75) is 26.1 Å². The fraction of sp³-hybridized carbons (Fsp3) is 0.190.